The summed E-state index contributed by atoms with van der Waals surface area (Å²) in [6.07, 6.45) is 2.83. The fourth-order valence-electron chi connectivity index (χ4n) is 1.23. The Morgan fingerprint density at radius 3 is 2.24 bits per heavy atom. The highest BCUT2D eigenvalue weighted by atomic mass is 32.2. The van der Waals surface area contributed by atoms with Crippen LogP contribution in [0.4, 0.5) is 0 Å². The van der Waals surface area contributed by atoms with Crippen molar-refractivity contribution in [2.45, 2.75) is 71.1 Å². The van der Waals surface area contributed by atoms with Gasteiger partial charge in [-0.25, -0.2) is 0 Å². The molecule has 0 aromatic rings. The lowest BCUT2D eigenvalue weighted by molar-refractivity contribution is 0.399. The van der Waals surface area contributed by atoms with Crippen LogP contribution in [0.5, 0.6) is 0 Å². The summed E-state index contributed by atoms with van der Waals surface area (Å²) >= 11 is -1.20. The second-order valence-electron chi connectivity index (χ2n) is 5.98. The molecule has 0 aromatic heterocycles. The van der Waals surface area contributed by atoms with E-state index in [1.54, 1.807) is 0 Å². The van der Waals surface area contributed by atoms with Crippen molar-refractivity contribution in [3.8, 4) is 6.07 Å². The fourth-order valence-corrected chi connectivity index (χ4v) is 2.09. The average Bonchev–Trinajstić information content (AvgIpc) is 2.24. The van der Waals surface area contributed by atoms with Gasteiger partial charge in [0.2, 0.25) is 0 Å². The van der Waals surface area contributed by atoms with E-state index in [9.17, 15) is 9.81 Å². The zero-order valence-corrected chi connectivity index (χ0v) is 12.8. The van der Waals surface area contributed by atoms with Crippen LogP contribution in [0.1, 0.15) is 60.8 Å². The molecule has 0 heterocycles. The molecule has 1 unspecified atom stereocenters. The number of nitrogens with one attached hydrogen (secondary N) is 1. The summed E-state index contributed by atoms with van der Waals surface area (Å²) in [6.45, 7) is 11.9. The van der Waals surface area contributed by atoms with Crippen LogP contribution >= 0.6 is 0 Å². The van der Waals surface area contributed by atoms with Crippen molar-refractivity contribution in [3.05, 3.63) is 0 Å². The van der Waals surface area contributed by atoms with Crippen molar-refractivity contribution in [1.29, 1.82) is 5.26 Å². The van der Waals surface area contributed by atoms with Crippen molar-refractivity contribution >= 4 is 11.4 Å². The van der Waals surface area contributed by atoms with Gasteiger partial charge < -0.3 is 4.55 Å². The van der Waals surface area contributed by atoms with Crippen LogP contribution in [0.3, 0.4) is 0 Å². The molecule has 0 rings (SSSR count). The van der Waals surface area contributed by atoms with Crippen LogP contribution < -0.4 is 4.72 Å². The molecule has 0 bridgehead atoms. The van der Waals surface area contributed by atoms with Gasteiger partial charge in [-0.05, 0) is 46.5 Å². The minimum Gasteiger partial charge on any atom is -0.598 e. The van der Waals surface area contributed by atoms with Crippen LogP contribution in [0, 0.1) is 17.2 Å². The van der Waals surface area contributed by atoms with Gasteiger partial charge >= 0.3 is 0 Å². The molecule has 1 N–H and O–H groups in total. The van der Waals surface area contributed by atoms with Crippen LogP contribution in [0.25, 0.3) is 0 Å². The van der Waals surface area contributed by atoms with Crippen molar-refractivity contribution in [3.63, 3.8) is 0 Å². The SMILES string of the molecule is CC[C@@H](C)CC[C@@](C)(C#N)N[S+]([O-])C(C)(C)C. The van der Waals surface area contributed by atoms with Crippen LogP contribution in [0.2, 0.25) is 0 Å². The van der Waals surface area contributed by atoms with Gasteiger partial charge in [-0.3, -0.25) is 0 Å². The quantitative estimate of drug-likeness (QED) is 0.745. The van der Waals surface area contributed by atoms with Gasteiger partial charge in [0.1, 0.15) is 10.3 Å². The highest BCUT2D eigenvalue weighted by molar-refractivity contribution is 7.90. The highest BCUT2D eigenvalue weighted by Gasteiger charge is 2.35. The molecule has 0 saturated heterocycles. The molecule has 3 nitrogen and oxygen atoms in total. The standard InChI is InChI=1S/C13H26N2OS/c1-7-11(2)8-9-13(6,10-14)15-17(16)12(3,4)5/h11,15H,7-9H2,1-6H3/t11-,13+,17?/m1/s1. The number of nitrogens with zero attached hydrogens (tertiary/aromatic N) is 1. The molecule has 0 amide bonds. The fraction of sp³-hybridized carbons (Fsp3) is 0.923. The Hall–Kier alpha value is -0.240. The van der Waals surface area contributed by atoms with E-state index in [4.69, 9.17) is 0 Å². The lowest BCUT2D eigenvalue weighted by Crippen LogP contribution is -2.51. The molecule has 100 valence electrons. The summed E-state index contributed by atoms with van der Waals surface area (Å²) in [6, 6.07) is 2.26. The molecule has 0 spiro atoms. The molecule has 0 fully saturated rings. The first-order valence-electron chi connectivity index (χ1n) is 6.25. The van der Waals surface area contributed by atoms with Gasteiger partial charge in [-0.15, -0.1) is 4.72 Å². The highest BCUT2D eigenvalue weighted by Crippen LogP contribution is 2.22. The molecule has 17 heavy (non-hydrogen) atoms. The van der Waals surface area contributed by atoms with E-state index in [1.165, 1.54) is 0 Å². The van der Waals surface area contributed by atoms with E-state index in [2.05, 4.69) is 24.6 Å². The topological polar surface area (TPSA) is 58.9 Å². The maximum absolute atomic E-state index is 12.0. The second-order valence-corrected chi connectivity index (χ2v) is 7.95. The molecule has 0 aliphatic rings. The Balaban J connectivity index is 4.44. The van der Waals surface area contributed by atoms with Crippen molar-refractivity contribution in [2.24, 2.45) is 5.92 Å². The van der Waals surface area contributed by atoms with Crippen LogP contribution in [-0.2, 0) is 11.4 Å². The van der Waals surface area contributed by atoms with Gasteiger partial charge in [0.15, 0.2) is 0 Å². The molecule has 0 aromatic carbocycles. The minimum atomic E-state index is -1.20. The predicted octanol–water partition coefficient (Wildman–Crippen LogP) is 3.15. The molecular weight excluding hydrogens is 232 g/mol. The molecule has 4 heteroatoms. The van der Waals surface area contributed by atoms with Gasteiger partial charge in [0.05, 0.1) is 6.07 Å². The van der Waals surface area contributed by atoms with E-state index in [1.807, 2.05) is 27.7 Å². The Bertz CT molecular complexity index is 270. The van der Waals surface area contributed by atoms with E-state index in [-0.39, 0.29) is 4.75 Å². The van der Waals surface area contributed by atoms with E-state index >= 15 is 0 Å². The number of hydrogen-bond acceptors (Lipinski definition) is 3. The lowest BCUT2D eigenvalue weighted by Gasteiger charge is -2.31. The largest absolute Gasteiger partial charge is 0.598 e. The Morgan fingerprint density at radius 2 is 1.88 bits per heavy atom. The summed E-state index contributed by atoms with van der Waals surface area (Å²) in [5.41, 5.74) is -0.693. The third-order valence-electron chi connectivity index (χ3n) is 2.95. The Kier molecular flexibility index (Phi) is 6.53. The van der Waals surface area contributed by atoms with Crippen molar-refractivity contribution in [2.75, 3.05) is 0 Å². The molecule has 0 aliphatic carbocycles. The maximum Gasteiger partial charge on any atom is 0.146 e. The zero-order chi connectivity index (χ0) is 13.7. The lowest BCUT2D eigenvalue weighted by atomic mass is 9.92. The maximum atomic E-state index is 12.0. The second kappa shape index (κ2) is 6.63. The molecule has 0 aliphatic heterocycles. The van der Waals surface area contributed by atoms with Crippen molar-refractivity contribution < 1.29 is 4.55 Å². The summed E-state index contributed by atoms with van der Waals surface area (Å²) in [4.78, 5) is 0. The van der Waals surface area contributed by atoms with E-state index in [0.717, 1.165) is 19.3 Å². The minimum absolute atomic E-state index is 0.339. The Morgan fingerprint density at radius 1 is 1.35 bits per heavy atom. The normalized spacial score (nSPS) is 19.2. The zero-order valence-electron chi connectivity index (χ0n) is 12.0. The van der Waals surface area contributed by atoms with Gasteiger partial charge in [0.25, 0.3) is 0 Å². The van der Waals surface area contributed by atoms with Gasteiger partial charge in [0, 0.05) is 11.4 Å². The summed E-state index contributed by atoms with van der Waals surface area (Å²) in [5.74, 6) is 0.604. The number of nitriles is 1. The van der Waals surface area contributed by atoms with Crippen LogP contribution in [-0.4, -0.2) is 14.8 Å². The molecule has 0 radical (unpaired) electrons. The molecule has 0 saturated carbocycles. The molecular formula is C13H26N2OS. The number of rotatable bonds is 6. The third kappa shape index (κ3) is 6.30. The van der Waals surface area contributed by atoms with Gasteiger partial charge in [-0.1, -0.05) is 20.3 Å². The summed E-state index contributed by atoms with van der Waals surface area (Å²) in [5, 5.41) is 9.24. The number of hydrogen-bond donors (Lipinski definition) is 1. The summed E-state index contributed by atoms with van der Waals surface area (Å²) in [7, 11) is 0. The van der Waals surface area contributed by atoms with Crippen molar-refractivity contribution in [1.82, 2.24) is 4.72 Å². The first kappa shape index (κ1) is 16.8. The van der Waals surface area contributed by atoms with E-state index < -0.39 is 16.9 Å². The monoisotopic (exact) mass is 258 g/mol. The predicted molar refractivity (Wildman–Crippen MR) is 73.7 cm³/mol. The van der Waals surface area contributed by atoms with Crippen LogP contribution in [0.15, 0.2) is 0 Å². The average molecular weight is 258 g/mol. The third-order valence-corrected chi connectivity index (χ3v) is 4.70. The Labute approximate surface area is 109 Å². The summed E-state index contributed by atoms with van der Waals surface area (Å²) < 4.78 is 14.6. The first-order chi connectivity index (χ1) is 7.64. The molecule has 3 atom stereocenters. The van der Waals surface area contributed by atoms with Gasteiger partial charge in [-0.2, -0.15) is 5.26 Å². The first-order valence-corrected chi connectivity index (χ1v) is 7.40. The smallest absolute Gasteiger partial charge is 0.146 e. The van der Waals surface area contributed by atoms with E-state index in [0.29, 0.717) is 5.92 Å².